The number of aromatic nitrogens is 4. The number of carbonyl (C=O) groups excluding carboxylic acids is 1. The van der Waals surface area contributed by atoms with Gasteiger partial charge in [-0.2, -0.15) is 0 Å². The van der Waals surface area contributed by atoms with Gasteiger partial charge in [0, 0.05) is 39.3 Å². The van der Waals surface area contributed by atoms with Crippen LogP contribution < -0.4 is 10.9 Å². The van der Waals surface area contributed by atoms with E-state index < -0.39 is 0 Å². The van der Waals surface area contributed by atoms with Crippen LogP contribution in [0, 0.1) is 0 Å². The molecule has 1 unspecified atom stereocenters. The summed E-state index contributed by atoms with van der Waals surface area (Å²) in [5.74, 6) is 1.50. The van der Waals surface area contributed by atoms with Crippen LogP contribution in [0.4, 0.5) is 0 Å². The first-order valence-corrected chi connectivity index (χ1v) is 10.9. The van der Waals surface area contributed by atoms with Crippen LogP contribution in [-0.2, 0) is 18.4 Å². The van der Waals surface area contributed by atoms with Gasteiger partial charge in [0.2, 0.25) is 11.7 Å². The highest BCUT2D eigenvalue weighted by molar-refractivity contribution is 7.17. The summed E-state index contributed by atoms with van der Waals surface area (Å²) in [6.45, 7) is 8.63. The predicted octanol–water partition coefficient (Wildman–Crippen LogP) is 0.675. The van der Waals surface area contributed by atoms with Crippen molar-refractivity contribution in [3.63, 3.8) is 0 Å². The van der Waals surface area contributed by atoms with Gasteiger partial charge in [-0.15, -0.1) is 21.5 Å². The van der Waals surface area contributed by atoms with Crippen LogP contribution in [0.25, 0.3) is 16.0 Å². The fourth-order valence-electron chi connectivity index (χ4n) is 3.69. The third-order valence-corrected chi connectivity index (χ3v) is 6.51. The van der Waals surface area contributed by atoms with Gasteiger partial charge >= 0.3 is 0 Å². The van der Waals surface area contributed by atoms with E-state index in [0.717, 1.165) is 48.6 Å². The second-order valence-corrected chi connectivity index (χ2v) is 8.60. The average Bonchev–Trinajstić information content (AvgIpc) is 3.34. The molecule has 3 aromatic rings. The molecule has 0 radical (unpaired) electrons. The zero-order valence-electron chi connectivity index (χ0n) is 17.1. The lowest BCUT2D eigenvalue weighted by molar-refractivity contribution is -0.123. The van der Waals surface area contributed by atoms with Crippen molar-refractivity contribution >= 4 is 33.2 Å². The molecule has 1 saturated heterocycles. The summed E-state index contributed by atoms with van der Waals surface area (Å²) in [4.78, 5) is 29.1. The third-order valence-electron chi connectivity index (χ3n) is 5.61. The lowest BCUT2D eigenvalue weighted by Crippen LogP contribution is -2.50. The van der Waals surface area contributed by atoms with Crippen molar-refractivity contribution in [1.29, 1.82) is 0 Å². The number of piperazine rings is 1. The molecule has 10 heteroatoms. The Morgan fingerprint density at radius 1 is 1.24 bits per heavy atom. The minimum atomic E-state index is -0.0364. The minimum absolute atomic E-state index is 0.0364. The van der Waals surface area contributed by atoms with Crippen molar-refractivity contribution in [3.05, 3.63) is 27.6 Å². The Labute approximate surface area is 172 Å². The van der Waals surface area contributed by atoms with E-state index in [-0.39, 0.29) is 17.5 Å². The number of rotatable bonds is 6. The molecule has 1 fully saturated rings. The Hall–Kier alpha value is -2.30. The summed E-state index contributed by atoms with van der Waals surface area (Å²) in [5, 5.41) is 13.6. The average molecular weight is 418 g/mol. The molecule has 29 heavy (non-hydrogen) atoms. The number of amides is 1. The Morgan fingerprint density at radius 2 is 1.97 bits per heavy atom. The lowest BCUT2D eigenvalue weighted by Gasteiger charge is -2.34. The van der Waals surface area contributed by atoms with Crippen molar-refractivity contribution in [2.75, 3.05) is 32.7 Å². The van der Waals surface area contributed by atoms with Crippen molar-refractivity contribution in [3.8, 4) is 0 Å². The van der Waals surface area contributed by atoms with Crippen LogP contribution in [0.2, 0.25) is 0 Å². The van der Waals surface area contributed by atoms with Gasteiger partial charge in [0.15, 0.2) is 5.82 Å². The molecule has 1 amide bonds. The summed E-state index contributed by atoms with van der Waals surface area (Å²) >= 11 is 1.44. The van der Waals surface area contributed by atoms with E-state index in [1.807, 2.05) is 22.8 Å². The Kier molecular flexibility index (Phi) is 5.66. The van der Waals surface area contributed by atoms with E-state index in [1.165, 1.54) is 11.3 Å². The number of hydrogen-bond donors (Lipinski definition) is 1. The molecule has 1 atom stereocenters. The maximum Gasteiger partial charge on any atom is 0.272 e. The molecule has 4 rings (SSSR count). The molecule has 9 nitrogen and oxygen atoms in total. The van der Waals surface area contributed by atoms with Crippen LogP contribution in [0.1, 0.15) is 26.1 Å². The van der Waals surface area contributed by atoms with Gasteiger partial charge in [-0.05, 0) is 24.8 Å². The number of carbonyl (C=O) groups is 1. The third kappa shape index (κ3) is 3.92. The monoisotopic (exact) mass is 417 g/mol. The van der Waals surface area contributed by atoms with Gasteiger partial charge in [-0.3, -0.25) is 28.4 Å². The van der Waals surface area contributed by atoms with Crippen LogP contribution in [0.3, 0.4) is 0 Å². The molecule has 1 aliphatic heterocycles. The van der Waals surface area contributed by atoms with E-state index >= 15 is 0 Å². The molecule has 156 valence electrons. The molecule has 0 spiro atoms. The molecule has 3 aromatic heterocycles. The zero-order chi connectivity index (χ0) is 20.5. The second kappa shape index (κ2) is 8.21. The predicted molar refractivity (Wildman–Crippen MR) is 113 cm³/mol. The summed E-state index contributed by atoms with van der Waals surface area (Å²) < 4.78 is 4.26. The van der Waals surface area contributed by atoms with Crippen molar-refractivity contribution in [2.24, 2.45) is 7.05 Å². The first kappa shape index (κ1) is 20.0. The number of fused-ring (bicyclic) bond motifs is 3. The molecule has 1 aliphatic rings. The highest BCUT2D eigenvalue weighted by Crippen LogP contribution is 2.20. The SMILES string of the molecule is CCC(C)NC(=O)CN1CCN(Cc2nnc3n(C)c(=O)c4sccc4n23)CC1. The molecular formula is C19H27N7O2S. The van der Waals surface area contributed by atoms with E-state index in [9.17, 15) is 9.59 Å². The van der Waals surface area contributed by atoms with Crippen molar-refractivity contribution in [1.82, 2.24) is 34.3 Å². The fourth-order valence-corrected chi connectivity index (χ4v) is 4.54. The Balaban J connectivity index is 1.43. The highest BCUT2D eigenvalue weighted by atomic mass is 32.1. The Morgan fingerprint density at radius 3 is 2.69 bits per heavy atom. The topological polar surface area (TPSA) is 87.8 Å². The summed E-state index contributed by atoms with van der Waals surface area (Å²) in [6.07, 6.45) is 0.939. The van der Waals surface area contributed by atoms with Gasteiger partial charge in [0.25, 0.3) is 5.56 Å². The highest BCUT2D eigenvalue weighted by Gasteiger charge is 2.22. The van der Waals surface area contributed by atoms with Gasteiger partial charge in [0.05, 0.1) is 18.6 Å². The normalized spacial score (nSPS) is 17.2. The fraction of sp³-hybridized carbons (Fsp3) is 0.579. The zero-order valence-corrected chi connectivity index (χ0v) is 17.9. The minimum Gasteiger partial charge on any atom is -0.353 e. The van der Waals surface area contributed by atoms with E-state index in [4.69, 9.17) is 0 Å². The maximum atomic E-state index is 12.5. The molecule has 0 bridgehead atoms. The summed E-state index contributed by atoms with van der Waals surface area (Å²) in [6, 6.07) is 2.17. The first-order chi connectivity index (χ1) is 14.0. The van der Waals surface area contributed by atoms with E-state index in [2.05, 4.69) is 32.2 Å². The smallest absolute Gasteiger partial charge is 0.272 e. The maximum absolute atomic E-state index is 12.5. The Bertz CT molecular complexity index is 1080. The van der Waals surface area contributed by atoms with Gasteiger partial charge in [-0.1, -0.05) is 6.92 Å². The number of hydrogen-bond acceptors (Lipinski definition) is 7. The first-order valence-electron chi connectivity index (χ1n) is 10.0. The number of aryl methyl sites for hydroxylation is 1. The van der Waals surface area contributed by atoms with Gasteiger partial charge in [-0.25, -0.2) is 0 Å². The van der Waals surface area contributed by atoms with E-state index in [1.54, 1.807) is 11.6 Å². The van der Waals surface area contributed by atoms with Crippen LogP contribution >= 0.6 is 11.3 Å². The standard InChI is InChI=1S/C19H27N7O2S/c1-4-13(2)20-16(27)12-25-8-6-24(7-9-25)11-15-21-22-19-23(3)18(28)17-14(26(15)19)5-10-29-17/h5,10,13H,4,6-9,11-12H2,1-3H3,(H,20,27). The summed E-state index contributed by atoms with van der Waals surface area (Å²) in [7, 11) is 1.73. The van der Waals surface area contributed by atoms with Crippen LogP contribution in [0.15, 0.2) is 16.2 Å². The van der Waals surface area contributed by atoms with Gasteiger partial charge in [0.1, 0.15) is 4.70 Å². The number of thiophene rings is 1. The van der Waals surface area contributed by atoms with Gasteiger partial charge < -0.3 is 5.32 Å². The second-order valence-electron chi connectivity index (χ2n) is 7.68. The lowest BCUT2D eigenvalue weighted by atomic mass is 10.2. The molecule has 1 N–H and O–H groups in total. The molecular weight excluding hydrogens is 390 g/mol. The van der Waals surface area contributed by atoms with Crippen molar-refractivity contribution < 1.29 is 4.79 Å². The largest absolute Gasteiger partial charge is 0.353 e. The summed E-state index contributed by atoms with van der Waals surface area (Å²) in [5.41, 5.74) is 0.833. The number of nitrogens with one attached hydrogen (secondary N) is 1. The van der Waals surface area contributed by atoms with Crippen molar-refractivity contribution in [2.45, 2.75) is 32.9 Å². The quantitative estimate of drug-likeness (QED) is 0.635. The molecule has 0 aromatic carbocycles. The van der Waals surface area contributed by atoms with E-state index in [0.29, 0.717) is 18.9 Å². The molecule has 0 saturated carbocycles. The van der Waals surface area contributed by atoms with Crippen LogP contribution in [-0.4, -0.2) is 73.6 Å². The molecule has 4 heterocycles. The molecule has 0 aliphatic carbocycles. The van der Waals surface area contributed by atoms with Crippen LogP contribution in [0.5, 0.6) is 0 Å². The number of nitrogens with zero attached hydrogens (tertiary/aromatic N) is 6.